The van der Waals surface area contributed by atoms with Crippen LogP contribution in [0.15, 0.2) is 59.7 Å². The van der Waals surface area contributed by atoms with Crippen molar-refractivity contribution in [3.8, 4) is 22.5 Å². The van der Waals surface area contributed by atoms with Gasteiger partial charge in [-0.1, -0.05) is 50.2 Å². The van der Waals surface area contributed by atoms with E-state index in [2.05, 4.69) is 9.97 Å². The first kappa shape index (κ1) is 16.8. The molecule has 0 aliphatic rings. The number of H-pyrrole nitrogens is 1. The maximum atomic E-state index is 12.1. The predicted octanol–water partition coefficient (Wildman–Crippen LogP) is 3.96. The van der Waals surface area contributed by atoms with E-state index < -0.39 is 0 Å². The molecule has 128 valence electrons. The third kappa shape index (κ3) is 2.78. The lowest BCUT2D eigenvalue weighted by Crippen LogP contribution is -2.19. The van der Waals surface area contributed by atoms with E-state index in [0.717, 1.165) is 33.5 Å². The van der Waals surface area contributed by atoms with Crippen molar-refractivity contribution in [1.29, 1.82) is 0 Å². The Morgan fingerprint density at radius 1 is 0.880 bits per heavy atom. The Balaban J connectivity index is 0.000000880. The van der Waals surface area contributed by atoms with Crippen molar-refractivity contribution in [1.82, 2.24) is 19.1 Å². The largest absolute Gasteiger partial charge is 0.344 e. The zero-order valence-electron chi connectivity index (χ0n) is 14.9. The first-order valence-corrected chi connectivity index (χ1v) is 8.41. The van der Waals surface area contributed by atoms with Crippen LogP contribution < -0.4 is 5.69 Å². The van der Waals surface area contributed by atoms with Gasteiger partial charge in [-0.15, -0.1) is 0 Å². The SMILES string of the molecule is CC.Cn1c(=O)n(C)c2cc(-c3nc[nH]c3-c3ccccc3)ccc21. The second-order valence-electron chi connectivity index (χ2n) is 5.60. The van der Waals surface area contributed by atoms with Crippen molar-refractivity contribution >= 4 is 11.0 Å². The second-order valence-corrected chi connectivity index (χ2v) is 5.60. The maximum Gasteiger partial charge on any atom is 0.328 e. The number of imidazole rings is 2. The minimum atomic E-state index is -0.0255. The summed E-state index contributed by atoms with van der Waals surface area (Å²) in [5.74, 6) is 0. The molecule has 1 N–H and O–H groups in total. The Bertz CT molecular complexity index is 1050. The van der Waals surface area contributed by atoms with E-state index >= 15 is 0 Å². The number of nitrogens with one attached hydrogen (secondary N) is 1. The van der Waals surface area contributed by atoms with Crippen molar-refractivity contribution in [2.24, 2.45) is 14.1 Å². The van der Waals surface area contributed by atoms with E-state index in [4.69, 9.17) is 0 Å². The molecule has 4 aromatic rings. The zero-order chi connectivity index (χ0) is 18.0. The van der Waals surface area contributed by atoms with Crippen LogP contribution in [-0.2, 0) is 14.1 Å². The molecule has 0 saturated carbocycles. The summed E-state index contributed by atoms with van der Waals surface area (Å²) in [5, 5.41) is 0. The Hall–Kier alpha value is -3.08. The second kappa shape index (κ2) is 6.81. The van der Waals surface area contributed by atoms with Gasteiger partial charge in [-0.3, -0.25) is 9.13 Å². The summed E-state index contributed by atoms with van der Waals surface area (Å²) in [6.07, 6.45) is 1.70. The Morgan fingerprint density at radius 3 is 2.28 bits per heavy atom. The Morgan fingerprint density at radius 2 is 1.56 bits per heavy atom. The van der Waals surface area contributed by atoms with Crippen molar-refractivity contribution in [3.63, 3.8) is 0 Å². The monoisotopic (exact) mass is 334 g/mol. The average Bonchev–Trinajstić information content (AvgIpc) is 3.24. The number of aryl methyl sites for hydroxylation is 2. The zero-order valence-corrected chi connectivity index (χ0v) is 14.9. The average molecular weight is 334 g/mol. The van der Waals surface area contributed by atoms with Gasteiger partial charge in [-0.05, 0) is 12.1 Å². The smallest absolute Gasteiger partial charge is 0.328 e. The molecule has 4 rings (SSSR count). The molecule has 0 radical (unpaired) electrons. The van der Waals surface area contributed by atoms with Gasteiger partial charge in [0.2, 0.25) is 0 Å². The molecule has 0 amide bonds. The molecule has 25 heavy (non-hydrogen) atoms. The fourth-order valence-corrected chi connectivity index (χ4v) is 2.99. The summed E-state index contributed by atoms with van der Waals surface area (Å²) in [7, 11) is 3.57. The summed E-state index contributed by atoms with van der Waals surface area (Å²) in [6, 6.07) is 16.1. The van der Waals surface area contributed by atoms with Gasteiger partial charge in [0.1, 0.15) is 0 Å². The highest BCUT2D eigenvalue weighted by atomic mass is 16.1. The quantitative estimate of drug-likeness (QED) is 0.603. The molecule has 0 bridgehead atoms. The topological polar surface area (TPSA) is 55.6 Å². The Labute approximate surface area is 146 Å². The first-order chi connectivity index (χ1) is 12.2. The van der Waals surface area contributed by atoms with Crippen molar-refractivity contribution < 1.29 is 0 Å². The molecule has 0 spiro atoms. The molecule has 0 fully saturated rings. The van der Waals surface area contributed by atoms with Crippen LogP contribution in [-0.4, -0.2) is 19.1 Å². The lowest BCUT2D eigenvalue weighted by atomic mass is 10.0. The van der Waals surface area contributed by atoms with Crippen LogP contribution in [0.3, 0.4) is 0 Å². The number of rotatable bonds is 2. The molecule has 5 heteroatoms. The third-order valence-electron chi connectivity index (χ3n) is 4.25. The molecule has 0 aliphatic carbocycles. The van der Waals surface area contributed by atoms with E-state index in [-0.39, 0.29) is 5.69 Å². The van der Waals surface area contributed by atoms with Crippen molar-refractivity contribution in [2.75, 3.05) is 0 Å². The number of aromatic nitrogens is 4. The number of fused-ring (bicyclic) bond motifs is 1. The summed E-state index contributed by atoms with van der Waals surface area (Å²) in [5.41, 5.74) is 5.72. The molecule has 2 aromatic carbocycles. The van der Waals surface area contributed by atoms with Crippen LogP contribution in [0.1, 0.15) is 13.8 Å². The molecule has 2 heterocycles. The standard InChI is InChI=1S/C18H16N4O.C2H6/c1-21-14-9-8-13(10-15(14)22(2)18(21)23)17-16(19-11-20-17)12-6-4-3-5-7-12;1-2/h3-11H,1-2H3,(H,19,20);1-2H3. The molecule has 5 nitrogen and oxygen atoms in total. The minimum absolute atomic E-state index is 0.0255. The first-order valence-electron chi connectivity index (χ1n) is 8.41. The number of nitrogens with zero attached hydrogens (tertiary/aromatic N) is 3. The predicted molar refractivity (Wildman–Crippen MR) is 103 cm³/mol. The van der Waals surface area contributed by atoms with Crippen molar-refractivity contribution in [3.05, 3.63) is 65.3 Å². The lowest BCUT2D eigenvalue weighted by Gasteiger charge is -2.04. The van der Waals surface area contributed by atoms with E-state index in [9.17, 15) is 4.79 Å². The van der Waals surface area contributed by atoms with E-state index in [1.54, 1.807) is 29.6 Å². The number of hydrogen-bond acceptors (Lipinski definition) is 2. The van der Waals surface area contributed by atoms with Crippen molar-refractivity contribution in [2.45, 2.75) is 13.8 Å². The van der Waals surface area contributed by atoms with Crippen LogP contribution in [0.25, 0.3) is 33.5 Å². The normalized spacial score (nSPS) is 10.6. The van der Waals surface area contributed by atoms with Gasteiger partial charge in [-0.25, -0.2) is 9.78 Å². The van der Waals surface area contributed by atoms with E-state index in [1.165, 1.54) is 0 Å². The summed E-state index contributed by atoms with van der Waals surface area (Å²) in [6.45, 7) is 4.00. The summed E-state index contributed by atoms with van der Waals surface area (Å²) >= 11 is 0. The molecule has 0 unspecified atom stereocenters. The lowest BCUT2D eigenvalue weighted by molar-refractivity contribution is 0.795. The van der Waals surface area contributed by atoms with Gasteiger partial charge in [0.25, 0.3) is 0 Å². The third-order valence-corrected chi connectivity index (χ3v) is 4.25. The highest BCUT2D eigenvalue weighted by Crippen LogP contribution is 2.30. The molecular formula is C20H22N4O. The highest BCUT2D eigenvalue weighted by Gasteiger charge is 2.13. The van der Waals surface area contributed by atoms with Crippen LogP contribution in [0.5, 0.6) is 0 Å². The summed E-state index contributed by atoms with van der Waals surface area (Å²) < 4.78 is 3.31. The Kier molecular flexibility index (Phi) is 4.57. The van der Waals surface area contributed by atoms with Gasteiger partial charge >= 0.3 is 5.69 Å². The van der Waals surface area contributed by atoms with Gasteiger partial charge < -0.3 is 4.98 Å². The molecule has 0 saturated heterocycles. The van der Waals surface area contributed by atoms with Crippen LogP contribution in [0.4, 0.5) is 0 Å². The van der Waals surface area contributed by atoms with Crippen LogP contribution >= 0.6 is 0 Å². The minimum Gasteiger partial charge on any atom is -0.344 e. The molecular weight excluding hydrogens is 312 g/mol. The molecule has 2 aromatic heterocycles. The number of hydrogen-bond donors (Lipinski definition) is 1. The fourth-order valence-electron chi connectivity index (χ4n) is 2.99. The van der Waals surface area contributed by atoms with Gasteiger partial charge in [-0.2, -0.15) is 0 Å². The van der Waals surface area contributed by atoms with Gasteiger partial charge in [0, 0.05) is 25.2 Å². The summed E-state index contributed by atoms with van der Waals surface area (Å²) in [4.78, 5) is 19.8. The van der Waals surface area contributed by atoms with Crippen LogP contribution in [0.2, 0.25) is 0 Å². The number of benzene rings is 2. The molecule has 0 aliphatic heterocycles. The maximum absolute atomic E-state index is 12.1. The van der Waals surface area contributed by atoms with Crippen LogP contribution in [0, 0.1) is 0 Å². The molecule has 0 atom stereocenters. The number of aromatic amines is 1. The fraction of sp³-hybridized carbons (Fsp3) is 0.200. The van der Waals surface area contributed by atoms with Gasteiger partial charge in [0.15, 0.2) is 0 Å². The highest BCUT2D eigenvalue weighted by molar-refractivity contribution is 5.86. The van der Waals surface area contributed by atoms with E-state index in [1.807, 2.05) is 62.4 Å². The van der Waals surface area contributed by atoms with E-state index in [0.29, 0.717) is 0 Å². The van der Waals surface area contributed by atoms with Gasteiger partial charge in [0.05, 0.1) is 28.7 Å².